The number of hydrogen-bond acceptors (Lipinski definition) is 5. The Labute approximate surface area is 130 Å². The first-order valence-electron chi connectivity index (χ1n) is 6.61. The van der Waals surface area contributed by atoms with Crippen molar-refractivity contribution in [1.29, 1.82) is 0 Å². The van der Waals surface area contributed by atoms with Gasteiger partial charge in [0.15, 0.2) is 5.13 Å². The molecule has 0 spiro atoms. The molecule has 3 amide bonds. The summed E-state index contributed by atoms with van der Waals surface area (Å²) in [7, 11) is 1.60. The van der Waals surface area contributed by atoms with Gasteiger partial charge < -0.3 is 20.7 Å². The van der Waals surface area contributed by atoms with Gasteiger partial charge in [0.1, 0.15) is 11.8 Å². The number of anilines is 1. The number of nitrogens with one attached hydrogen (secondary N) is 3. The Morgan fingerprint density at radius 1 is 1.45 bits per heavy atom. The van der Waals surface area contributed by atoms with Gasteiger partial charge in [-0.3, -0.25) is 4.79 Å². The smallest absolute Gasteiger partial charge is 0.315 e. The molecule has 1 unspecified atom stereocenters. The lowest BCUT2D eigenvalue weighted by atomic mass is 10.1. The molecular formula is C14H14N4O3S. The Hall–Kier alpha value is -2.61. The maximum Gasteiger partial charge on any atom is 0.315 e. The number of carbonyl (C=O) groups excluding carboxylic acids is 2. The number of aromatic nitrogens is 1. The minimum atomic E-state index is -0.578. The van der Waals surface area contributed by atoms with Crippen molar-refractivity contribution in [2.24, 2.45) is 0 Å². The van der Waals surface area contributed by atoms with Crippen molar-refractivity contribution in [2.75, 3.05) is 19.0 Å². The number of amides is 3. The van der Waals surface area contributed by atoms with E-state index in [4.69, 9.17) is 4.74 Å². The van der Waals surface area contributed by atoms with E-state index >= 15 is 0 Å². The summed E-state index contributed by atoms with van der Waals surface area (Å²) in [5, 5.41) is 10.1. The zero-order valence-corrected chi connectivity index (χ0v) is 12.6. The summed E-state index contributed by atoms with van der Waals surface area (Å²) in [6.07, 6.45) is 0. The Balaban J connectivity index is 1.74. The second-order valence-corrected chi connectivity index (χ2v) is 5.49. The van der Waals surface area contributed by atoms with Crippen molar-refractivity contribution < 1.29 is 14.3 Å². The van der Waals surface area contributed by atoms with E-state index in [-0.39, 0.29) is 18.5 Å². The monoisotopic (exact) mass is 318 g/mol. The molecule has 114 valence electrons. The molecule has 2 heterocycles. The Morgan fingerprint density at radius 2 is 2.27 bits per heavy atom. The summed E-state index contributed by atoms with van der Waals surface area (Å²) in [5.41, 5.74) is 1.59. The number of para-hydroxylation sites is 1. The molecule has 1 saturated heterocycles. The SMILES string of the molecule is COc1ccccc1-c1csc(NC(=O)C2CNC(=O)N2)n1. The van der Waals surface area contributed by atoms with Crippen molar-refractivity contribution in [3.8, 4) is 17.0 Å². The predicted octanol–water partition coefficient (Wildman–Crippen LogP) is 1.44. The zero-order chi connectivity index (χ0) is 15.5. The fourth-order valence-corrected chi connectivity index (χ4v) is 2.83. The van der Waals surface area contributed by atoms with Crippen LogP contribution in [0.1, 0.15) is 0 Å². The lowest BCUT2D eigenvalue weighted by molar-refractivity contribution is -0.117. The van der Waals surface area contributed by atoms with Crippen molar-refractivity contribution in [2.45, 2.75) is 6.04 Å². The maximum atomic E-state index is 12.0. The van der Waals surface area contributed by atoms with Gasteiger partial charge in [-0.05, 0) is 12.1 Å². The molecular weight excluding hydrogens is 304 g/mol. The van der Waals surface area contributed by atoms with Crippen LogP contribution in [0.5, 0.6) is 5.75 Å². The fourth-order valence-electron chi connectivity index (χ4n) is 2.12. The molecule has 2 aromatic rings. The minimum Gasteiger partial charge on any atom is -0.496 e. The van der Waals surface area contributed by atoms with Crippen LogP contribution < -0.4 is 20.7 Å². The summed E-state index contributed by atoms with van der Waals surface area (Å²) >= 11 is 1.32. The molecule has 0 aliphatic carbocycles. The number of rotatable bonds is 4. The molecule has 8 heteroatoms. The summed E-state index contributed by atoms with van der Waals surface area (Å²) < 4.78 is 5.30. The molecule has 3 N–H and O–H groups in total. The molecule has 3 rings (SSSR count). The van der Waals surface area contributed by atoms with E-state index in [0.29, 0.717) is 5.13 Å². The van der Waals surface area contributed by atoms with Gasteiger partial charge in [0.05, 0.1) is 12.8 Å². The highest BCUT2D eigenvalue weighted by molar-refractivity contribution is 7.14. The van der Waals surface area contributed by atoms with Crippen LogP contribution in [0.15, 0.2) is 29.6 Å². The van der Waals surface area contributed by atoms with Crippen LogP contribution in [0.3, 0.4) is 0 Å². The van der Waals surface area contributed by atoms with Gasteiger partial charge in [0.25, 0.3) is 5.91 Å². The first-order chi connectivity index (χ1) is 10.7. The molecule has 0 saturated carbocycles. The predicted molar refractivity (Wildman–Crippen MR) is 83.1 cm³/mol. The largest absolute Gasteiger partial charge is 0.496 e. The van der Waals surface area contributed by atoms with E-state index < -0.39 is 6.04 Å². The third-order valence-corrected chi connectivity index (χ3v) is 3.96. The van der Waals surface area contributed by atoms with E-state index in [1.54, 1.807) is 7.11 Å². The van der Waals surface area contributed by atoms with Gasteiger partial charge in [0.2, 0.25) is 0 Å². The van der Waals surface area contributed by atoms with Crippen LogP contribution in [-0.4, -0.2) is 36.6 Å². The van der Waals surface area contributed by atoms with Gasteiger partial charge in [-0.2, -0.15) is 0 Å². The van der Waals surface area contributed by atoms with E-state index in [2.05, 4.69) is 20.9 Å². The van der Waals surface area contributed by atoms with Crippen LogP contribution >= 0.6 is 11.3 Å². The summed E-state index contributed by atoms with van der Waals surface area (Å²) in [6, 6.07) is 6.62. The van der Waals surface area contributed by atoms with Crippen molar-refractivity contribution >= 4 is 28.4 Å². The number of thiazole rings is 1. The van der Waals surface area contributed by atoms with Crippen molar-refractivity contribution in [3.05, 3.63) is 29.6 Å². The van der Waals surface area contributed by atoms with Crippen LogP contribution in [0.25, 0.3) is 11.3 Å². The quantitative estimate of drug-likeness (QED) is 0.795. The van der Waals surface area contributed by atoms with E-state index in [0.717, 1.165) is 17.0 Å². The van der Waals surface area contributed by atoms with Gasteiger partial charge >= 0.3 is 6.03 Å². The number of urea groups is 1. The number of nitrogens with zero attached hydrogens (tertiary/aromatic N) is 1. The highest BCUT2D eigenvalue weighted by Crippen LogP contribution is 2.31. The maximum absolute atomic E-state index is 12.0. The standard InChI is InChI=1S/C14H14N4O3S/c1-21-11-5-3-2-4-8(11)10-7-22-14(17-10)18-12(19)9-6-15-13(20)16-9/h2-5,7,9H,6H2,1H3,(H2,15,16,20)(H,17,18,19). The molecule has 7 nitrogen and oxygen atoms in total. The second-order valence-electron chi connectivity index (χ2n) is 4.63. The molecule has 1 atom stereocenters. The second kappa shape index (κ2) is 6.02. The summed E-state index contributed by atoms with van der Waals surface area (Å²) in [5.74, 6) is 0.428. The van der Waals surface area contributed by atoms with Crippen molar-refractivity contribution in [1.82, 2.24) is 15.6 Å². The number of hydrogen-bond donors (Lipinski definition) is 3. The van der Waals surface area contributed by atoms with E-state index in [9.17, 15) is 9.59 Å². The zero-order valence-electron chi connectivity index (χ0n) is 11.8. The highest BCUT2D eigenvalue weighted by Gasteiger charge is 2.27. The van der Waals surface area contributed by atoms with Gasteiger partial charge in [-0.15, -0.1) is 11.3 Å². The van der Waals surface area contributed by atoms with Crippen LogP contribution in [0, 0.1) is 0 Å². The van der Waals surface area contributed by atoms with Crippen LogP contribution in [0.2, 0.25) is 0 Å². The van der Waals surface area contributed by atoms with Gasteiger partial charge in [-0.1, -0.05) is 12.1 Å². The van der Waals surface area contributed by atoms with Crippen LogP contribution in [-0.2, 0) is 4.79 Å². The Kier molecular flexibility index (Phi) is 3.92. The number of ether oxygens (including phenoxy) is 1. The van der Waals surface area contributed by atoms with Crippen LogP contribution in [0.4, 0.5) is 9.93 Å². The summed E-state index contributed by atoms with van der Waals surface area (Å²) in [6.45, 7) is 0.273. The molecule has 1 fully saturated rings. The molecule has 1 aromatic carbocycles. The Bertz CT molecular complexity index is 716. The molecule has 1 aliphatic heterocycles. The number of carbonyl (C=O) groups is 2. The minimum absolute atomic E-state index is 0.273. The van der Waals surface area contributed by atoms with Crippen molar-refractivity contribution in [3.63, 3.8) is 0 Å². The van der Waals surface area contributed by atoms with E-state index in [1.165, 1.54) is 11.3 Å². The summed E-state index contributed by atoms with van der Waals surface area (Å²) in [4.78, 5) is 27.4. The molecule has 1 aliphatic rings. The third-order valence-electron chi connectivity index (χ3n) is 3.21. The van der Waals surface area contributed by atoms with Gasteiger partial charge in [-0.25, -0.2) is 9.78 Å². The number of benzene rings is 1. The molecule has 1 aromatic heterocycles. The lowest BCUT2D eigenvalue weighted by Gasteiger charge is -2.07. The third kappa shape index (κ3) is 2.86. The van der Waals surface area contributed by atoms with Gasteiger partial charge in [0, 0.05) is 17.5 Å². The average molecular weight is 318 g/mol. The molecule has 0 bridgehead atoms. The van der Waals surface area contributed by atoms with E-state index in [1.807, 2.05) is 29.6 Å². The molecule has 22 heavy (non-hydrogen) atoms. The number of methoxy groups -OCH3 is 1. The topological polar surface area (TPSA) is 92.4 Å². The first-order valence-corrected chi connectivity index (χ1v) is 7.49. The normalized spacial score (nSPS) is 16.8. The molecule has 0 radical (unpaired) electrons. The Morgan fingerprint density at radius 3 is 3.00 bits per heavy atom. The average Bonchev–Trinajstić information content (AvgIpc) is 3.16. The first kappa shape index (κ1) is 14.3. The lowest BCUT2D eigenvalue weighted by Crippen LogP contribution is -2.38. The fraction of sp³-hybridized carbons (Fsp3) is 0.214. The highest BCUT2D eigenvalue weighted by atomic mass is 32.1.